The van der Waals surface area contributed by atoms with Crippen LogP contribution in [0, 0.1) is 24.7 Å². The van der Waals surface area contributed by atoms with Crippen LogP contribution in [0.2, 0.25) is 0 Å². The molecule has 1 aromatic rings. The van der Waals surface area contributed by atoms with Crippen molar-refractivity contribution in [1.82, 2.24) is 15.1 Å². The van der Waals surface area contributed by atoms with Crippen molar-refractivity contribution in [3.63, 3.8) is 0 Å². The summed E-state index contributed by atoms with van der Waals surface area (Å²) in [5.74, 6) is 1.59. The molecule has 0 aromatic carbocycles. The average molecular weight is 247 g/mol. The molecule has 5 heteroatoms. The molecule has 5 nitrogen and oxygen atoms in total. The molecule has 2 bridgehead atoms. The maximum absolute atomic E-state index is 12.5. The van der Waals surface area contributed by atoms with E-state index < -0.39 is 0 Å². The quantitative estimate of drug-likeness (QED) is 0.762. The topological polar surface area (TPSA) is 69.2 Å². The Labute approximate surface area is 105 Å². The Hall–Kier alpha value is -1.36. The van der Waals surface area contributed by atoms with E-state index in [1.807, 2.05) is 11.8 Å². The molecule has 1 aromatic heterocycles. The summed E-state index contributed by atoms with van der Waals surface area (Å²) in [6, 6.07) is 0.0514. The number of carbonyl (C=O) groups excluding carboxylic acids is 1. The number of nitrogens with zero attached hydrogens (tertiary/aromatic N) is 2. The van der Waals surface area contributed by atoms with Gasteiger partial charge in [-0.2, -0.15) is 5.10 Å². The van der Waals surface area contributed by atoms with E-state index in [0.717, 1.165) is 25.1 Å². The molecule has 2 N–H and O–H groups in total. The Morgan fingerprint density at radius 3 is 3.00 bits per heavy atom. The summed E-state index contributed by atoms with van der Waals surface area (Å²) in [5, 5.41) is 17.0. The Bertz CT molecular complexity index is 510. The number of hydrogen-bond donors (Lipinski definition) is 2. The molecule has 2 aliphatic carbocycles. The molecule has 2 heterocycles. The minimum atomic E-state index is -0.315. The number of nitrogens with one attached hydrogen (secondary N) is 1. The molecule has 18 heavy (non-hydrogen) atoms. The highest BCUT2D eigenvalue weighted by atomic mass is 16.3. The van der Waals surface area contributed by atoms with E-state index in [2.05, 4.69) is 10.2 Å². The monoisotopic (exact) mass is 247 g/mol. The summed E-state index contributed by atoms with van der Waals surface area (Å²) >= 11 is 0. The van der Waals surface area contributed by atoms with Crippen molar-refractivity contribution in [2.45, 2.75) is 31.9 Å². The fraction of sp³-hybridized carbons (Fsp3) is 0.692. The van der Waals surface area contributed by atoms with Gasteiger partial charge < -0.3 is 10.0 Å². The van der Waals surface area contributed by atoms with E-state index in [0.29, 0.717) is 23.3 Å². The lowest BCUT2D eigenvalue weighted by Gasteiger charge is -2.28. The molecular weight excluding hydrogens is 230 g/mol. The van der Waals surface area contributed by atoms with Crippen LogP contribution in [0.25, 0.3) is 0 Å². The van der Waals surface area contributed by atoms with Crippen LogP contribution in [0.4, 0.5) is 0 Å². The first-order chi connectivity index (χ1) is 8.66. The van der Waals surface area contributed by atoms with Gasteiger partial charge in [-0.1, -0.05) is 0 Å². The van der Waals surface area contributed by atoms with Gasteiger partial charge in [0.25, 0.3) is 5.91 Å². The number of hydrogen-bond acceptors (Lipinski definition) is 3. The third-order valence-electron chi connectivity index (χ3n) is 5.17. The minimum absolute atomic E-state index is 0.0281. The smallest absolute Gasteiger partial charge is 0.257 e. The Morgan fingerprint density at radius 2 is 2.33 bits per heavy atom. The molecule has 3 aliphatic rings. The number of carbonyl (C=O) groups is 1. The van der Waals surface area contributed by atoms with Crippen LogP contribution in [-0.2, 0) is 0 Å². The summed E-state index contributed by atoms with van der Waals surface area (Å²) in [6.07, 6.45) is 3.47. The van der Waals surface area contributed by atoms with Gasteiger partial charge in [0.2, 0.25) is 0 Å². The number of aliphatic hydroxyl groups excluding tert-OH is 1. The van der Waals surface area contributed by atoms with Gasteiger partial charge in [0, 0.05) is 12.2 Å². The molecule has 96 valence electrons. The van der Waals surface area contributed by atoms with Crippen LogP contribution >= 0.6 is 0 Å². The molecule has 0 radical (unpaired) electrons. The second-order valence-electron chi connectivity index (χ2n) is 6.00. The third-order valence-corrected chi connectivity index (χ3v) is 5.17. The zero-order chi connectivity index (χ0) is 12.4. The van der Waals surface area contributed by atoms with Gasteiger partial charge in [-0.15, -0.1) is 0 Å². The van der Waals surface area contributed by atoms with Gasteiger partial charge in [-0.25, -0.2) is 0 Å². The van der Waals surface area contributed by atoms with Gasteiger partial charge in [-0.05, 0) is 37.5 Å². The van der Waals surface area contributed by atoms with Gasteiger partial charge in [-0.3, -0.25) is 9.89 Å². The first-order valence-electron chi connectivity index (χ1n) is 6.66. The standard InChI is InChI=1S/C13H17N3O2/c1-6-10(4-14-15-6)13(18)16-5-8-2-7-3-9(8)11(16)12(7)17/h4,7-9,11-12,17H,2-3,5H2,1H3,(H,14,15). The maximum atomic E-state index is 12.5. The van der Waals surface area contributed by atoms with E-state index >= 15 is 0 Å². The number of aliphatic hydroxyl groups is 1. The van der Waals surface area contributed by atoms with Crippen molar-refractivity contribution in [1.29, 1.82) is 0 Å². The molecule has 3 fully saturated rings. The lowest BCUT2D eigenvalue weighted by atomic mass is 9.88. The van der Waals surface area contributed by atoms with E-state index in [1.165, 1.54) is 0 Å². The third kappa shape index (κ3) is 1.15. The Balaban J connectivity index is 1.67. The molecule has 0 spiro atoms. The number of H-pyrrole nitrogens is 1. The van der Waals surface area contributed by atoms with Gasteiger partial charge in [0.1, 0.15) is 0 Å². The van der Waals surface area contributed by atoms with E-state index in [-0.39, 0.29) is 18.1 Å². The highest BCUT2D eigenvalue weighted by Gasteiger charge is 2.60. The molecule has 5 atom stereocenters. The average Bonchev–Trinajstić information content (AvgIpc) is 3.01. The molecule has 1 amide bonds. The number of aromatic amines is 1. The van der Waals surface area contributed by atoms with Crippen LogP contribution in [-0.4, -0.2) is 44.8 Å². The molecule has 2 saturated carbocycles. The predicted octanol–water partition coefficient (Wildman–Crippen LogP) is 0.559. The fourth-order valence-corrected chi connectivity index (χ4v) is 4.37. The van der Waals surface area contributed by atoms with Crippen molar-refractivity contribution in [3.05, 3.63) is 17.5 Å². The van der Waals surface area contributed by atoms with Gasteiger partial charge in [0.15, 0.2) is 0 Å². The van der Waals surface area contributed by atoms with Crippen molar-refractivity contribution >= 4 is 5.91 Å². The summed E-state index contributed by atoms with van der Waals surface area (Å²) in [6.45, 7) is 2.67. The predicted molar refractivity (Wildman–Crippen MR) is 63.9 cm³/mol. The zero-order valence-corrected chi connectivity index (χ0v) is 10.3. The number of fused-ring (bicyclic) bond motifs is 1. The molecule has 5 unspecified atom stereocenters. The van der Waals surface area contributed by atoms with Gasteiger partial charge in [0.05, 0.1) is 23.9 Å². The normalized spacial score (nSPS) is 40.8. The summed E-state index contributed by atoms with van der Waals surface area (Å²) in [5.41, 5.74) is 1.45. The van der Waals surface area contributed by atoms with Crippen molar-refractivity contribution < 1.29 is 9.90 Å². The number of aryl methyl sites for hydroxylation is 1. The highest BCUT2D eigenvalue weighted by molar-refractivity contribution is 5.95. The summed E-state index contributed by atoms with van der Waals surface area (Å²) < 4.78 is 0. The van der Waals surface area contributed by atoms with E-state index in [4.69, 9.17) is 0 Å². The minimum Gasteiger partial charge on any atom is -0.391 e. The van der Waals surface area contributed by atoms with Crippen molar-refractivity contribution in [2.24, 2.45) is 17.8 Å². The highest BCUT2D eigenvalue weighted by Crippen LogP contribution is 2.55. The summed E-state index contributed by atoms with van der Waals surface area (Å²) in [7, 11) is 0. The first-order valence-corrected chi connectivity index (χ1v) is 6.66. The van der Waals surface area contributed by atoms with Crippen LogP contribution in [0.3, 0.4) is 0 Å². The van der Waals surface area contributed by atoms with Crippen LogP contribution < -0.4 is 0 Å². The number of likely N-dealkylation sites (tertiary alicyclic amines) is 1. The number of aromatic nitrogens is 2. The van der Waals surface area contributed by atoms with Crippen LogP contribution in [0.1, 0.15) is 28.9 Å². The molecular formula is C13H17N3O2. The van der Waals surface area contributed by atoms with Crippen LogP contribution in [0.15, 0.2) is 6.20 Å². The molecule has 1 saturated heterocycles. The van der Waals surface area contributed by atoms with Gasteiger partial charge >= 0.3 is 0 Å². The Morgan fingerprint density at radius 1 is 1.50 bits per heavy atom. The number of rotatable bonds is 1. The second kappa shape index (κ2) is 3.35. The SMILES string of the molecule is Cc1[nH]ncc1C(=O)N1CC2CC3CC2C1C3O. The van der Waals surface area contributed by atoms with E-state index in [1.54, 1.807) is 6.20 Å². The van der Waals surface area contributed by atoms with Crippen LogP contribution in [0.5, 0.6) is 0 Å². The summed E-state index contributed by atoms with van der Waals surface area (Å²) in [4.78, 5) is 14.4. The van der Waals surface area contributed by atoms with E-state index in [9.17, 15) is 9.90 Å². The lowest BCUT2D eigenvalue weighted by Crippen LogP contribution is -2.43. The lowest BCUT2D eigenvalue weighted by molar-refractivity contribution is 0.0401. The van der Waals surface area contributed by atoms with Crippen molar-refractivity contribution in [3.8, 4) is 0 Å². The Kier molecular flexibility index (Phi) is 1.96. The number of amides is 1. The molecule has 4 rings (SSSR count). The van der Waals surface area contributed by atoms with Crippen molar-refractivity contribution in [2.75, 3.05) is 6.54 Å². The molecule has 1 aliphatic heterocycles. The second-order valence-corrected chi connectivity index (χ2v) is 6.00. The largest absolute Gasteiger partial charge is 0.391 e. The fourth-order valence-electron chi connectivity index (χ4n) is 4.37. The zero-order valence-electron chi connectivity index (χ0n) is 10.3. The maximum Gasteiger partial charge on any atom is 0.257 e. The first kappa shape index (κ1) is 10.6.